The van der Waals surface area contributed by atoms with Gasteiger partial charge in [-0.05, 0) is 0 Å². The number of hydrogen-bond acceptors (Lipinski definition) is 1. The van der Waals surface area contributed by atoms with Crippen molar-refractivity contribution < 1.29 is 24.0 Å². The molecule has 48 valence electrons. The molecule has 0 spiro atoms. The SMILES string of the molecule is CC1([O-])CCCCC1.[Li+]. The predicted molar refractivity (Wildman–Crippen MR) is 31.5 cm³/mol. The van der Waals surface area contributed by atoms with Crippen molar-refractivity contribution in [2.45, 2.75) is 44.6 Å². The van der Waals surface area contributed by atoms with Crippen LogP contribution in [0.25, 0.3) is 0 Å². The van der Waals surface area contributed by atoms with E-state index in [0.29, 0.717) is 0 Å². The van der Waals surface area contributed by atoms with Crippen LogP contribution in [0.1, 0.15) is 39.0 Å². The van der Waals surface area contributed by atoms with E-state index < -0.39 is 5.60 Å². The van der Waals surface area contributed by atoms with Gasteiger partial charge in [0.15, 0.2) is 0 Å². The van der Waals surface area contributed by atoms with Gasteiger partial charge in [-0.15, -0.1) is 5.60 Å². The molecule has 0 aromatic carbocycles. The minimum atomic E-state index is -0.571. The minimum absolute atomic E-state index is 0. The average Bonchev–Trinajstić information content (AvgIpc) is 1.65. The molecule has 9 heavy (non-hydrogen) atoms. The van der Waals surface area contributed by atoms with Crippen molar-refractivity contribution in [1.29, 1.82) is 0 Å². The molecule has 1 saturated carbocycles. The van der Waals surface area contributed by atoms with Crippen LogP contribution in [-0.2, 0) is 0 Å². The molecule has 2 heteroatoms. The summed E-state index contributed by atoms with van der Waals surface area (Å²) in [6.07, 6.45) is 5.37. The smallest absolute Gasteiger partial charge is 0.850 e. The molecular weight excluding hydrogens is 107 g/mol. The summed E-state index contributed by atoms with van der Waals surface area (Å²) >= 11 is 0. The van der Waals surface area contributed by atoms with Crippen LogP contribution < -0.4 is 24.0 Å². The molecule has 1 fully saturated rings. The van der Waals surface area contributed by atoms with Crippen molar-refractivity contribution in [3.05, 3.63) is 0 Å². The van der Waals surface area contributed by atoms with Crippen LogP contribution in [0.2, 0.25) is 0 Å². The predicted octanol–water partition coefficient (Wildman–Crippen LogP) is -1.93. The van der Waals surface area contributed by atoms with Crippen LogP contribution >= 0.6 is 0 Å². The van der Waals surface area contributed by atoms with Crippen LogP contribution in [0.3, 0.4) is 0 Å². The molecule has 0 unspecified atom stereocenters. The van der Waals surface area contributed by atoms with Crippen molar-refractivity contribution in [3.8, 4) is 0 Å². The first kappa shape index (κ1) is 9.56. The number of rotatable bonds is 0. The van der Waals surface area contributed by atoms with E-state index in [4.69, 9.17) is 0 Å². The van der Waals surface area contributed by atoms with E-state index in [9.17, 15) is 5.11 Å². The molecule has 1 nitrogen and oxygen atoms in total. The van der Waals surface area contributed by atoms with Crippen LogP contribution in [0.4, 0.5) is 0 Å². The van der Waals surface area contributed by atoms with Crippen LogP contribution in [0.15, 0.2) is 0 Å². The molecule has 0 heterocycles. The van der Waals surface area contributed by atoms with Gasteiger partial charge in [-0.2, -0.15) is 0 Å². The fourth-order valence-corrected chi connectivity index (χ4v) is 1.30. The van der Waals surface area contributed by atoms with Crippen LogP contribution in [0.5, 0.6) is 0 Å². The largest absolute Gasteiger partial charge is 1.00 e. The maximum Gasteiger partial charge on any atom is 1.00 e. The summed E-state index contributed by atoms with van der Waals surface area (Å²) in [5.41, 5.74) is -0.571. The molecule has 0 aromatic rings. The summed E-state index contributed by atoms with van der Waals surface area (Å²) < 4.78 is 0. The molecule has 0 N–H and O–H groups in total. The second-order valence-electron chi connectivity index (χ2n) is 3.01. The Morgan fingerprint density at radius 3 is 1.78 bits per heavy atom. The Hall–Kier alpha value is 0.557. The van der Waals surface area contributed by atoms with Gasteiger partial charge in [-0.1, -0.05) is 39.0 Å². The standard InChI is InChI=1S/C7H13O.Li/c1-7(8)5-3-2-4-6-7;/h2-6H2,1H3;/q-1;+1. The van der Waals surface area contributed by atoms with Crippen molar-refractivity contribution in [3.63, 3.8) is 0 Å². The molecule has 0 aliphatic heterocycles. The Labute approximate surface area is 69.0 Å². The summed E-state index contributed by atoms with van der Waals surface area (Å²) in [6.45, 7) is 1.83. The van der Waals surface area contributed by atoms with E-state index >= 15 is 0 Å². The maximum atomic E-state index is 11.1. The molecule has 0 bridgehead atoms. The van der Waals surface area contributed by atoms with Gasteiger partial charge in [0.05, 0.1) is 0 Å². The van der Waals surface area contributed by atoms with E-state index in [0.717, 1.165) is 25.7 Å². The van der Waals surface area contributed by atoms with Gasteiger partial charge >= 0.3 is 18.9 Å². The van der Waals surface area contributed by atoms with Crippen molar-refractivity contribution in [2.24, 2.45) is 0 Å². The molecule has 0 aromatic heterocycles. The third kappa shape index (κ3) is 3.30. The quantitative estimate of drug-likeness (QED) is 0.341. The summed E-state index contributed by atoms with van der Waals surface area (Å²) in [4.78, 5) is 0. The zero-order chi connectivity index (χ0) is 6.04. The first-order chi connectivity index (χ1) is 3.71. The molecule has 1 rings (SSSR count). The Kier molecular flexibility index (Phi) is 3.89. The zero-order valence-electron chi connectivity index (χ0n) is 6.44. The van der Waals surface area contributed by atoms with Crippen molar-refractivity contribution >= 4 is 0 Å². The average molecular weight is 120 g/mol. The third-order valence-electron chi connectivity index (χ3n) is 1.91. The number of hydrogen-bond donors (Lipinski definition) is 0. The third-order valence-corrected chi connectivity index (χ3v) is 1.91. The van der Waals surface area contributed by atoms with Gasteiger partial charge in [0.2, 0.25) is 0 Å². The van der Waals surface area contributed by atoms with E-state index in [1.165, 1.54) is 6.42 Å². The summed E-state index contributed by atoms with van der Waals surface area (Å²) in [6, 6.07) is 0. The van der Waals surface area contributed by atoms with Crippen LogP contribution in [0, 0.1) is 0 Å². The Balaban J connectivity index is 0.000000640. The zero-order valence-corrected chi connectivity index (χ0v) is 6.44. The first-order valence-corrected chi connectivity index (χ1v) is 3.41. The summed E-state index contributed by atoms with van der Waals surface area (Å²) in [5, 5.41) is 11.1. The van der Waals surface area contributed by atoms with Gasteiger partial charge in [-0.25, -0.2) is 0 Å². The fourth-order valence-electron chi connectivity index (χ4n) is 1.30. The van der Waals surface area contributed by atoms with Gasteiger partial charge in [0, 0.05) is 0 Å². The molecule has 1 aliphatic carbocycles. The Morgan fingerprint density at radius 2 is 1.56 bits per heavy atom. The molecular formula is C7H13LiO. The van der Waals surface area contributed by atoms with Gasteiger partial charge in [-0.3, -0.25) is 0 Å². The second kappa shape index (κ2) is 3.66. The molecule has 0 radical (unpaired) electrons. The van der Waals surface area contributed by atoms with Gasteiger partial charge < -0.3 is 5.11 Å². The van der Waals surface area contributed by atoms with E-state index in [-0.39, 0.29) is 18.9 Å². The van der Waals surface area contributed by atoms with E-state index in [1.807, 2.05) is 6.92 Å². The maximum absolute atomic E-state index is 11.1. The second-order valence-corrected chi connectivity index (χ2v) is 3.01. The molecule has 0 atom stereocenters. The normalized spacial score (nSPS) is 24.7. The molecule has 1 aliphatic rings. The topological polar surface area (TPSA) is 23.1 Å². The van der Waals surface area contributed by atoms with E-state index in [1.54, 1.807) is 0 Å². The van der Waals surface area contributed by atoms with Gasteiger partial charge in [0.25, 0.3) is 0 Å². The summed E-state index contributed by atoms with van der Waals surface area (Å²) in [7, 11) is 0. The minimum Gasteiger partial charge on any atom is -0.850 e. The monoisotopic (exact) mass is 120 g/mol. The Morgan fingerprint density at radius 1 is 1.11 bits per heavy atom. The van der Waals surface area contributed by atoms with Crippen LogP contribution in [-0.4, -0.2) is 5.60 Å². The van der Waals surface area contributed by atoms with Gasteiger partial charge in [0.1, 0.15) is 0 Å². The first-order valence-electron chi connectivity index (χ1n) is 3.41. The molecule has 0 amide bonds. The van der Waals surface area contributed by atoms with Crippen molar-refractivity contribution in [2.75, 3.05) is 0 Å². The Bertz CT molecular complexity index is 73.0. The van der Waals surface area contributed by atoms with Crippen molar-refractivity contribution in [1.82, 2.24) is 0 Å². The van der Waals surface area contributed by atoms with E-state index in [2.05, 4.69) is 0 Å². The molecule has 0 saturated heterocycles. The summed E-state index contributed by atoms with van der Waals surface area (Å²) in [5.74, 6) is 0. The fraction of sp³-hybridized carbons (Fsp3) is 1.00.